The van der Waals surface area contributed by atoms with Gasteiger partial charge >= 0.3 is 0 Å². The Morgan fingerprint density at radius 3 is 2.67 bits per heavy atom. The zero-order valence-corrected chi connectivity index (χ0v) is 10.3. The highest BCUT2D eigenvalue weighted by Gasteiger charge is 2.37. The summed E-state index contributed by atoms with van der Waals surface area (Å²) in [6.07, 6.45) is 9.22. The molecule has 0 radical (unpaired) electrons. The lowest BCUT2D eigenvalue weighted by Crippen LogP contribution is -2.26. The van der Waals surface area contributed by atoms with Crippen molar-refractivity contribution in [2.45, 2.75) is 40.5 Å². The van der Waals surface area contributed by atoms with Crippen LogP contribution in [0, 0.1) is 17.3 Å². The Labute approximate surface area is 93.3 Å². The molecule has 15 heavy (non-hydrogen) atoms. The fourth-order valence-corrected chi connectivity index (χ4v) is 2.61. The molecule has 0 heterocycles. The summed E-state index contributed by atoms with van der Waals surface area (Å²) in [5.41, 5.74) is 1.78. The van der Waals surface area contributed by atoms with E-state index in [1.54, 1.807) is 6.08 Å². The van der Waals surface area contributed by atoms with Crippen molar-refractivity contribution in [2.75, 3.05) is 0 Å². The highest BCUT2D eigenvalue weighted by molar-refractivity contribution is 5.64. The molecule has 0 saturated heterocycles. The van der Waals surface area contributed by atoms with Gasteiger partial charge in [0.15, 0.2) is 0 Å². The van der Waals surface area contributed by atoms with Crippen LogP contribution in [-0.2, 0) is 4.79 Å². The Morgan fingerprint density at radius 1 is 1.60 bits per heavy atom. The number of carbonyl (C=O) groups excluding carboxylic acids is 1. The van der Waals surface area contributed by atoms with Gasteiger partial charge in [0, 0.05) is 0 Å². The Morgan fingerprint density at radius 2 is 2.27 bits per heavy atom. The summed E-state index contributed by atoms with van der Waals surface area (Å²) in [6.45, 7) is 9.04. The smallest absolute Gasteiger partial charge is 0.142 e. The maximum Gasteiger partial charge on any atom is 0.142 e. The van der Waals surface area contributed by atoms with E-state index in [0.29, 0.717) is 11.8 Å². The van der Waals surface area contributed by atoms with Gasteiger partial charge in [-0.2, -0.15) is 0 Å². The number of rotatable bonds is 4. The molecule has 0 aromatic heterocycles. The fraction of sp³-hybridized carbons (Fsp3) is 0.643. The highest BCUT2D eigenvalue weighted by atomic mass is 16.1. The van der Waals surface area contributed by atoms with Gasteiger partial charge in [0.05, 0.1) is 0 Å². The van der Waals surface area contributed by atoms with Crippen LogP contribution >= 0.6 is 0 Å². The minimum absolute atomic E-state index is 0.286. The van der Waals surface area contributed by atoms with Gasteiger partial charge in [-0.25, -0.2) is 0 Å². The van der Waals surface area contributed by atoms with Gasteiger partial charge in [-0.05, 0) is 43.1 Å². The summed E-state index contributed by atoms with van der Waals surface area (Å²) in [5.74, 6) is 1.18. The molecule has 0 amide bonds. The normalized spacial score (nSPS) is 26.7. The minimum Gasteiger partial charge on any atom is -0.299 e. The van der Waals surface area contributed by atoms with E-state index in [-0.39, 0.29) is 5.41 Å². The molecule has 1 rings (SSSR count). The van der Waals surface area contributed by atoms with Crippen LogP contribution in [0.5, 0.6) is 0 Å². The molecule has 0 aromatic carbocycles. The van der Waals surface area contributed by atoms with Crippen molar-refractivity contribution in [3.05, 3.63) is 23.8 Å². The Balaban J connectivity index is 2.80. The number of aldehydes is 1. The van der Waals surface area contributed by atoms with Crippen LogP contribution in [0.1, 0.15) is 40.5 Å². The van der Waals surface area contributed by atoms with Crippen molar-refractivity contribution in [3.8, 4) is 0 Å². The van der Waals surface area contributed by atoms with E-state index in [9.17, 15) is 4.79 Å². The van der Waals surface area contributed by atoms with E-state index in [4.69, 9.17) is 0 Å². The monoisotopic (exact) mass is 206 g/mol. The Bertz CT molecular complexity index is 284. The summed E-state index contributed by atoms with van der Waals surface area (Å²) < 4.78 is 0. The Kier molecular flexibility index (Phi) is 3.90. The molecular formula is C14H22O. The molecule has 0 saturated carbocycles. The third-order valence-electron chi connectivity index (χ3n) is 4.05. The maximum atomic E-state index is 10.4. The van der Waals surface area contributed by atoms with E-state index >= 15 is 0 Å². The molecule has 0 spiro atoms. The molecule has 0 N–H and O–H groups in total. The van der Waals surface area contributed by atoms with Crippen LogP contribution in [-0.4, -0.2) is 6.29 Å². The first-order chi connectivity index (χ1) is 7.04. The third kappa shape index (κ3) is 2.39. The third-order valence-corrected chi connectivity index (χ3v) is 4.05. The largest absolute Gasteiger partial charge is 0.299 e. The van der Waals surface area contributed by atoms with Crippen molar-refractivity contribution in [1.82, 2.24) is 0 Å². The molecule has 0 bridgehead atoms. The molecule has 84 valence electrons. The molecule has 1 nitrogen and oxygen atoms in total. The molecule has 1 heteroatoms. The van der Waals surface area contributed by atoms with E-state index in [1.807, 2.05) is 0 Å². The molecular weight excluding hydrogens is 184 g/mol. The topological polar surface area (TPSA) is 17.1 Å². The maximum absolute atomic E-state index is 10.4. The number of hydrogen-bond donors (Lipinski definition) is 0. The molecule has 1 aliphatic carbocycles. The van der Waals surface area contributed by atoms with Gasteiger partial charge in [0.25, 0.3) is 0 Å². The van der Waals surface area contributed by atoms with Crippen LogP contribution in [0.3, 0.4) is 0 Å². The van der Waals surface area contributed by atoms with Crippen molar-refractivity contribution in [1.29, 1.82) is 0 Å². The molecule has 0 aromatic rings. The second kappa shape index (κ2) is 4.78. The molecule has 1 aliphatic rings. The average molecular weight is 206 g/mol. The average Bonchev–Trinajstić information content (AvgIpc) is 2.45. The lowest BCUT2D eigenvalue weighted by molar-refractivity contribution is -0.104. The summed E-state index contributed by atoms with van der Waals surface area (Å²) in [5, 5.41) is 0. The van der Waals surface area contributed by atoms with Crippen LogP contribution in [0.4, 0.5) is 0 Å². The van der Waals surface area contributed by atoms with Gasteiger partial charge in [-0.1, -0.05) is 38.5 Å². The van der Waals surface area contributed by atoms with Crippen molar-refractivity contribution in [2.24, 2.45) is 17.3 Å². The first-order valence-corrected chi connectivity index (χ1v) is 5.83. The van der Waals surface area contributed by atoms with Crippen LogP contribution in [0.15, 0.2) is 23.8 Å². The zero-order chi connectivity index (χ0) is 11.5. The summed E-state index contributed by atoms with van der Waals surface area (Å²) in [4.78, 5) is 10.4. The SMILES string of the molecule is CCC(C=CC=O)C1CC=C(C)C1(C)C. The van der Waals surface area contributed by atoms with Crippen LogP contribution in [0.2, 0.25) is 0 Å². The molecule has 2 atom stereocenters. The predicted octanol–water partition coefficient (Wildman–Crippen LogP) is 3.76. The number of hydrogen-bond acceptors (Lipinski definition) is 1. The van der Waals surface area contributed by atoms with E-state index in [2.05, 4.69) is 39.8 Å². The highest BCUT2D eigenvalue weighted by Crippen LogP contribution is 2.47. The second-order valence-electron chi connectivity index (χ2n) is 5.04. The van der Waals surface area contributed by atoms with Crippen molar-refractivity contribution < 1.29 is 4.79 Å². The summed E-state index contributed by atoms with van der Waals surface area (Å²) >= 11 is 0. The summed E-state index contributed by atoms with van der Waals surface area (Å²) in [6, 6.07) is 0. The Hall–Kier alpha value is -0.850. The van der Waals surface area contributed by atoms with Gasteiger partial charge in [0.2, 0.25) is 0 Å². The van der Waals surface area contributed by atoms with Crippen molar-refractivity contribution in [3.63, 3.8) is 0 Å². The predicted molar refractivity (Wildman–Crippen MR) is 64.6 cm³/mol. The molecule has 0 aliphatic heterocycles. The van der Waals surface area contributed by atoms with E-state index in [0.717, 1.165) is 19.1 Å². The fourth-order valence-electron chi connectivity index (χ4n) is 2.61. The second-order valence-corrected chi connectivity index (χ2v) is 5.04. The summed E-state index contributed by atoms with van der Waals surface area (Å²) in [7, 11) is 0. The van der Waals surface area contributed by atoms with Crippen LogP contribution in [0.25, 0.3) is 0 Å². The van der Waals surface area contributed by atoms with Crippen LogP contribution < -0.4 is 0 Å². The van der Waals surface area contributed by atoms with Crippen molar-refractivity contribution >= 4 is 6.29 Å². The molecule has 2 unspecified atom stereocenters. The zero-order valence-electron chi connectivity index (χ0n) is 10.3. The first kappa shape index (κ1) is 12.2. The van der Waals surface area contributed by atoms with E-state index in [1.165, 1.54) is 5.57 Å². The number of allylic oxidation sites excluding steroid dienone is 4. The first-order valence-electron chi connectivity index (χ1n) is 5.83. The lowest BCUT2D eigenvalue weighted by Gasteiger charge is -2.34. The quantitative estimate of drug-likeness (QED) is 0.389. The standard InChI is InChI=1S/C14H22O/c1-5-12(7-6-10-15)13-9-8-11(2)14(13,3)4/h6-8,10,12-13H,5,9H2,1-4H3. The van der Waals surface area contributed by atoms with Gasteiger partial charge in [-0.15, -0.1) is 0 Å². The van der Waals surface area contributed by atoms with Gasteiger partial charge in [-0.3, -0.25) is 4.79 Å². The lowest BCUT2D eigenvalue weighted by atomic mass is 9.70. The van der Waals surface area contributed by atoms with E-state index < -0.39 is 0 Å². The van der Waals surface area contributed by atoms with Gasteiger partial charge in [0.1, 0.15) is 6.29 Å². The minimum atomic E-state index is 0.286. The number of carbonyl (C=O) groups is 1. The molecule has 0 fully saturated rings. The van der Waals surface area contributed by atoms with Gasteiger partial charge < -0.3 is 0 Å².